The van der Waals surface area contributed by atoms with Crippen LogP contribution in [0.15, 0.2) is 4.63 Å². The zero-order valence-electron chi connectivity index (χ0n) is 9.85. The molecule has 0 radical (unpaired) electrons. The number of aliphatic hydroxyl groups excluding tert-OH is 1. The van der Waals surface area contributed by atoms with Gasteiger partial charge in [-0.3, -0.25) is 4.79 Å². The van der Waals surface area contributed by atoms with Gasteiger partial charge in [-0.05, 0) is 43.7 Å². The number of hydrogen-bond donors (Lipinski definition) is 2. The molecule has 0 aliphatic heterocycles. The van der Waals surface area contributed by atoms with E-state index in [4.69, 9.17) is 5.11 Å². The number of rotatable bonds is 3. The van der Waals surface area contributed by atoms with Crippen molar-refractivity contribution in [1.29, 1.82) is 0 Å². The molecule has 0 atom stereocenters. The number of hydrogen-bond acceptors (Lipinski definition) is 5. The summed E-state index contributed by atoms with van der Waals surface area (Å²) < 4.78 is 4.50. The summed E-state index contributed by atoms with van der Waals surface area (Å²) in [6, 6.07) is 0.168. The van der Waals surface area contributed by atoms with Gasteiger partial charge in [0.2, 0.25) is 0 Å². The van der Waals surface area contributed by atoms with Gasteiger partial charge < -0.3 is 10.4 Å². The van der Waals surface area contributed by atoms with E-state index in [0.717, 1.165) is 25.7 Å². The Balaban J connectivity index is 1.86. The molecule has 6 heteroatoms. The van der Waals surface area contributed by atoms with E-state index in [0.29, 0.717) is 11.6 Å². The number of aromatic nitrogens is 2. The topological polar surface area (TPSA) is 88.2 Å². The van der Waals surface area contributed by atoms with Gasteiger partial charge in [0.1, 0.15) is 5.69 Å². The first-order valence-electron chi connectivity index (χ1n) is 5.91. The fraction of sp³-hybridized carbons (Fsp3) is 0.727. The molecule has 0 spiro atoms. The second kappa shape index (κ2) is 5.27. The second-order valence-electron chi connectivity index (χ2n) is 4.57. The van der Waals surface area contributed by atoms with Gasteiger partial charge in [-0.15, -0.1) is 0 Å². The predicted molar refractivity (Wildman–Crippen MR) is 59.3 cm³/mol. The van der Waals surface area contributed by atoms with Crippen molar-refractivity contribution in [2.24, 2.45) is 5.92 Å². The van der Waals surface area contributed by atoms with Crippen LogP contribution in [0.1, 0.15) is 41.9 Å². The molecule has 1 aromatic rings. The summed E-state index contributed by atoms with van der Waals surface area (Å²) >= 11 is 0. The molecule has 1 amide bonds. The van der Waals surface area contributed by atoms with Crippen LogP contribution in [0.5, 0.6) is 0 Å². The first kappa shape index (κ1) is 12.0. The van der Waals surface area contributed by atoms with Gasteiger partial charge in [0.05, 0.1) is 0 Å². The molecule has 1 saturated carbocycles. The van der Waals surface area contributed by atoms with E-state index < -0.39 is 0 Å². The third-order valence-corrected chi connectivity index (χ3v) is 3.31. The van der Waals surface area contributed by atoms with E-state index in [2.05, 4.69) is 20.3 Å². The van der Waals surface area contributed by atoms with Crippen molar-refractivity contribution < 1.29 is 14.5 Å². The quantitative estimate of drug-likeness (QED) is 0.808. The lowest BCUT2D eigenvalue weighted by molar-refractivity contribution is 0.0903. The van der Waals surface area contributed by atoms with Crippen molar-refractivity contribution in [3.05, 3.63) is 11.4 Å². The first-order chi connectivity index (χ1) is 8.20. The van der Waals surface area contributed by atoms with Crippen LogP contribution in [0, 0.1) is 12.8 Å². The van der Waals surface area contributed by atoms with Crippen LogP contribution >= 0.6 is 0 Å². The minimum Gasteiger partial charge on any atom is -0.396 e. The molecule has 2 rings (SSSR count). The van der Waals surface area contributed by atoms with Crippen LogP contribution in [-0.2, 0) is 0 Å². The molecular formula is C11H17N3O3. The number of nitrogens with one attached hydrogen (secondary N) is 1. The summed E-state index contributed by atoms with van der Waals surface area (Å²) in [5.74, 6) is 0.162. The minimum atomic E-state index is -0.226. The van der Waals surface area contributed by atoms with Gasteiger partial charge in [-0.1, -0.05) is 5.16 Å². The molecule has 94 valence electrons. The number of aryl methyl sites for hydroxylation is 1. The smallest absolute Gasteiger partial charge is 0.275 e. The third kappa shape index (κ3) is 2.82. The van der Waals surface area contributed by atoms with Gasteiger partial charge in [0.25, 0.3) is 5.91 Å². The van der Waals surface area contributed by atoms with Crippen molar-refractivity contribution in [2.45, 2.75) is 38.6 Å². The molecule has 0 unspecified atom stereocenters. The minimum absolute atomic E-state index is 0.168. The van der Waals surface area contributed by atoms with Crippen LogP contribution < -0.4 is 5.32 Å². The van der Waals surface area contributed by atoms with Crippen molar-refractivity contribution in [1.82, 2.24) is 15.6 Å². The van der Waals surface area contributed by atoms with Crippen molar-refractivity contribution in [3.63, 3.8) is 0 Å². The lowest BCUT2D eigenvalue weighted by atomic mass is 9.86. The summed E-state index contributed by atoms with van der Waals surface area (Å²) in [4.78, 5) is 11.8. The molecular weight excluding hydrogens is 222 g/mol. The van der Waals surface area contributed by atoms with Crippen LogP contribution in [0.25, 0.3) is 0 Å². The molecule has 0 bridgehead atoms. The Bertz CT molecular complexity index is 383. The summed E-state index contributed by atoms with van der Waals surface area (Å²) in [5.41, 5.74) is 0.765. The molecule has 0 aromatic carbocycles. The standard InChI is InChI=1S/C11H17N3O3/c1-7-10(14-17-13-7)11(16)12-9-4-2-8(6-15)3-5-9/h8-9,15H,2-6H2,1H3,(H,12,16). The Morgan fingerprint density at radius 2 is 2.12 bits per heavy atom. The van der Waals surface area contributed by atoms with Crippen molar-refractivity contribution in [2.75, 3.05) is 6.61 Å². The Morgan fingerprint density at radius 1 is 1.41 bits per heavy atom. The lowest BCUT2D eigenvalue weighted by Crippen LogP contribution is -2.38. The number of carbonyl (C=O) groups excluding carboxylic acids is 1. The van der Waals surface area contributed by atoms with Crippen LogP contribution in [0.3, 0.4) is 0 Å². The number of amides is 1. The fourth-order valence-electron chi connectivity index (χ4n) is 2.18. The molecule has 1 aliphatic carbocycles. The van der Waals surface area contributed by atoms with Crippen molar-refractivity contribution >= 4 is 5.91 Å². The maximum atomic E-state index is 11.8. The van der Waals surface area contributed by atoms with Crippen LogP contribution in [-0.4, -0.2) is 34.0 Å². The average molecular weight is 239 g/mol. The van der Waals surface area contributed by atoms with E-state index in [-0.39, 0.29) is 24.2 Å². The maximum Gasteiger partial charge on any atom is 0.275 e. The Morgan fingerprint density at radius 3 is 2.65 bits per heavy atom. The normalized spacial score (nSPS) is 24.6. The van der Waals surface area contributed by atoms with E-state index in [1.54, 1.807) is 6.92 Å². The molecule has 1 fully saturated rings. The predicted octanol–water partition coefficient (Wildman–Crippen LogP) is 0.659. The largest absolute Gasteiger partial charge is 0.396 e. The zero-order valence-corrected chi connectivity index (χ0v) is 9.85. The van der Waals surface area contributed by atoms with Gasteiger partial charge in [-0.25, -0.2) is 4.63 Å². The maximum absolute atomic E-state index is 11.8. The van der Waals surface area contributed by atoms with Crippen molar-refractivity contribution in [3.8, 4) is 0 Å². The molecule has 1 aliphatic rings. The zero-order chi connectivity index (χ0) is 12.3. The van der Waals surface area contributed by atoms with Gasteiger partial charge in [-0.2, -0.15) is 0 Å². The molecule has 1 aromatic heterocycles. The van der Waals surface area contributed by atoms with E-state index in [9.17, 15) is 4.79 Å². The highest BCUT2D eigenvalue weighted by Crippen LogP contribution is 2.23. The lowest BCUT2D eigenvalue weighted by Gasteiger charge is -2.27. The summed E-state index contributed by atoms with van der Waals surface area (Å²) in [6.07, 6.45) is 3.72. The summed E-state index contributed by atoms with van der Waals surface area (Å²) in [5, 5.41) is 19.1. The molecule has 1 heterocycles. The molecule has 0 saturated heterocycles. The first-order valence-corrected chi connectivity index (χ1v) is 5.91. The summed E-state index contributed by atoms with van der Waals surface area (Å²) in [6.45, 7) is 1.93. The Kier molecular flexibility index (Phi) is 3.73. The monoisotopic (exact) mass is 239 g/mol. The van der Waals surface area contributed by atoms with Gasteiger partial charge >= 0.3 is 0 Å². The highest BCUT2D eigenvalue weighted by molar-refractivity contribution is 5.93. The Hall–Kier alpha value is -1.43. The second-order valence-corrected chi connectivity index (χ2v) is 4.57. The average Bonchev–Trinajstić information content (AvgIpc) is 2.76. The molecule has 2 N–H and O–H groups in total. The van der Waals surface area contributed by atoms with Gasteiger partial charge in [0.15, 0.2) is 5.69 Å². The highest BCUT2D eigenvalue weighted by Gasteiger charge is 2.24. The molecule has 17 heavy (non-hydrogen) atoms. The SMILES string of the molecule is Cc1nonc1C(=O)NC1CCC(CO)CC1. The van der Waals surface area contributed by atoms with E-state index in [1.807, 2.05) is 0 Å². The van der Waals surface area contributed by atoms with Crippen LogP contribution in [0.4, 0.5) is 0 Å². The van der Waals surface area contributed by atoms with Crippen LogP contribution in [0.2, 0.25) is 0 Å². The molecule has 6 nitrogen and oxygen atoms in total. The number of carbonyl (C=O) groups is 1. The van der Waals surface area contributed by atoms with E-state index >= 15 is 0 Å². The van der Waals surface area contributed by atoms with E-state index in [1.165, 1.54) is 0 Å². The summed E-state index contributed by atoms with van der Waals surface area (Å²) in [7, 11) is 0. The van der Waals surface area contributed by atoms with Gasteiger partial charge in [0, 0.05) is 12.6 Å². The number of aliphatic hydroxyl groups is 1. The third-order valence-electron chi connectivity index (χ3n) is 3.31. The Labute approximate surface area is 99.4 Å². The number of nitrogens with zero attached hydrogens (tertiary/aromatic N) is 2. The fourth-order valence-corrected chi connectivity index (χ4v) is 2.18. The highest BCUT2D eigenvalue weighted by atomic mass is 16.6.